The molecule has 4 rings (SSSR count). The van der Waals surface area contributed by atoms with Gasteiger partial charge in [0.1, 0.15) is 11.6 Å². The highest BCUT2D eigenvalue weighted by Crippen LogP contribution is 2.27. The zero-order valence-corrected chi connectivity index (χ0v) is 16.1. The number of aryl methyl sites for hydroxylation is 1. The number of aromatic nitrogens is 1. The number of anilines is 1. The highest BCUT2D eigenvalue weighted by Gasteiger charge is 2.15. The molecule has 0 spiro atoms. The van der Waals surface area contributed by atoms with Gasteiger partial charge in [0.15, 0.2) is 0 Å². The maximum Gasteiger partial charge on any atom is 0.256 e. The van der Waals surface area contributed by atoms with E-state index >= 15 is 0 Å². The quantitative estimate of drug-likeness (QED) is 0.496. The van der Waals surface area contributed by atoms with Gasteiger partial charge in [0.25, 0.3) is 5.91 Å². The fourth-order valence-corrected chi connectivity index (χ4v) is 3.14. The smallest absolute Gasteiger partial charge is 0.256 e. The Hall–Kier alpha value is -3.73. The molecule has 0 aliphatic carbocycles. The topological polar surface area (TPSA) is 51.2 Å². The summed E-state index contributed by atoms with van der Waals surface area (Å²) >= 11 is 0. The Kier molecular flexibility index (Phi) is 4.96. The predicted octanol–water partition coefficient (Wildman–Crippen LogP) is 5.61. The van der Waals surface area contributed by atoms with Crippen LogP contribution in [0, 0.1) is 12.7 Å². The zero-order chi connectivity index (χ0) is 20.4. The van der Waals surface area contributed by atoms with Crippen molar-refractivity contribution in [2.24, 2.45) is 0 Å². The summed E-state index contributed by atoms with van der Waals surface area (Å²) in [4.78, 5) is 17.7. The molecule has 0 radical (unpaired) electrons. The number of para-hydroxylation sites is 1. The first-order valence-corrected chi connectivity index (χ1v) is 9.17. The van der Waals surface area contributed by atoms with Crippen molar-refractivity contribution in [2.75, 3.05) is 12.4 Å². The van der Waals surface area contributed by atoms with E-state index < -0.39 is 0 Å². The van der Waals surface area contributed by atoms with Crippen molar-refractivity contribution in [3.05, 3.63) is 89.7 Å². The summed E-state index contributed by atoms with van der Waals surface area (Å²) in [5.41, 5.74) is 3.66. The van der Waals surface area contributed by atoms with Gasteiger partial charge in [-0.2, -0.15) is 0 Å². The fourth-order valence-electron chi connectivity index (χ4n) is 3.14. The summed E-state index contributed by atoms with van der Waals surface area (Å²) in [7, 11) is 1.61. The van der Waals surface area contributed by atoms with Crippen LogP contribution in [-0.4, -0.2) is 18.0 Å². The van der Waals surface area contributed by atoms with Crippen LogP contribution in [0.3, 0.4) is 0 Å². The van der Waals surface area contributed by atoms with E-state index in [4.69, 9.17) is 9.72 Å². The summed E-state index contributed by atoms with van der Waals surface area (Å²) < 4.78 is 19.1. The summed E-state index contributed by atoms with van der Waals surface area (Å²) in [6.07, 6.45) is 0. The Morgan fingerprint density at radius 3 is 2.48 bits per heavy atom. The van der Waals surface area contributed by atoms with Gasteiger partial charge < -0.3 is 10.1 Å². The van der Waals surface area contributed by atoms with Crippen molar-refractivity contribution in [2.45, 2.75) is 6.92 Å². The van der Waals surface area contributed by atoms with Crippen molar-refractivity contribution in [1.29, 1.82) is 0 Å². The van der Waals surface area contributed by atoms with Crippen LogP contribution in [0.4, 0.5) is 10.1 Å². The van der Waals surface area contributed by atoms with E-state index in [-0.39, 0.29) is 11.7 Å². The van der Waals surface area contributed by atoms with Crippen LogP contribution in [-0.2, 0) is 0 Å². The Morgan fingerprint density at radius 1 is 1.00 bits per heavy atom. The second-order valence-corrected chi connectivity index (χ2v) is 6.72. The monoisotopic (exact) mass is 386 g/mol. The number of halogens is 1. The van der Waals surface area contributed by atoms with Gasteiger partial charge in [-0.15, -0.1) is 0 Å². The molecule has 29 heavy (non-hydrogen) atoms. The molecule has 0 bridgehead atoms. The van der Waals surface area contributed by atoms with Gasteiger partial charge in [0, 0.05) is 16.6 Å². The van der Waals surface area contributed by atoms with E-state index in [2.05, 4.69) is 5.32 Å². The first-order chi connectivity index (χ1) is 14.0. The molecule has 0 unspecified atom stereocenters. The van der Waals surface area contributed by atoms with Gasteiger partial charge in [0.2, 0.25) is 0 Å². The lowest BCUT2D eigenvalue weighted by molar-refractivity contribution is 0.102. The van der Waals surface area contributed by atoms with Gasteiger partial charge in [-0.25, -0.2) is 9.37 Å². The molecule has 0 saturated carbocycles. The second-order valence-electron chi connectivity index (χ2n) is 6.72. The zero-order valence-electron chi connectivity index (χ0n) is 16.1. The molecule has 5 heteroatoms. The summed E-state index contributed by atoms with van der Waals surface area (Å²) in [5.74, 6) is 0.0665. The lowest BCUT2D eigenvalue weighted by Crippen LogP contribution is -2.13. The van der Waals surface area contributed by atoms with E-state index in [1.54, 1.807) is 32.2 Å². The average molecular weight is 386 g/mol. The van der Waals surface area contributed by atoms with Crippen LogP contribution >= 0.6 is 0 Å². The Bertz CT molecular complexity index is 1200. The van der Waals surface area contributed by atoms with Crippen LogP contribution in [0.2, 0.25) is 0 Å². The van der Waals surface area contributed by atoms with Crippen molar-refractivity contribution < 1.29 is 13.9 Å². The molecule has 4 aromatic rings. The molecule has 0 aliphatic heterocycles. The third-order valence-electron chi connectivity index (χ3n) is 4.78. The summed E-state index contributed by atoms with van der Waals surface area (Å²) in [6, 6.07) is 21.3. The number of rotatable bonds is 4. The first-order valence-electron chi connectivity index (χ1n) is 9.17. The molecule has 1 amide bonds. The first kappa shape index (κ1) is 18.6. The number of carbonyl (C=O) groups excluding carboxylic acids is 1. The maximum absolute atomic E-state index is 13.9. The SMILES string of the molecule is COc1ccc(-c2cc(C(=O)Nc3ccc(C)c(F)c3)c3ccccc3n2)cc1. The lowest BCUT2D eigenvalue weighted by atomic mass is 10.0. The Morgan fingerprint density at radius 2 is 1.76 bits per heavy atom. The highest BCUT2D eigenvalue weighted by molar-refractivity contribution is 6.13. The molecule has 0 saturated heterocycles. The van der Waals surface area contributed by atoms with Crippen LogP contribution < -0.4 is 10.1 Å². The van der Waals surface area contributed by atoms with Crippen LogP contribution in [0.1, 0.15) is 15.9 Å². The number of nitrogens with zero attached hydrogens (tertiary/aromatic N) is 1. The van der Waals surface area contributed by atoms with Gasteiger partial charge in [-0.05, 0) is 61.0 Å². The number of ether oxygens (including phenoxy) is 1. The molecule has 1 N–H and O–H groups in total. The summed E-state index contributed by atoms with van der Waals surface area (Å²) in [5, 5.41) is 3.52. The second kappa shape index (κ2) is 7.72. The molecule has 0 aliphatic rings. The van der Waals surface area contributed by atoms with Gasteiger partial charge in [-0.3, -0.25) is 4.79 Å². The minimum absolute atomic E-state index is 0.318. The summed E-state index contributed by atoms with van der Waals surface area (Å²) in [6.45, 7) is 1.68. The van der Waals surface area contributed by atoms with E-state index in [0.29, 0.717) is 28.0 Å². The molecule has 1 aromatic heterocycles. The van der Waals surface area contributed by atoms with Gasteiger partial charge in [-0.1, -0.05) is 24.3 Å². The number of nitrogens with one attached hydrogen (secondary N) is 1. The standard InChI is InChI=1S/C24H19FN2O2/c1-15-7-10-17(13-21(15)25)26-24(28)20-14-23(16-8-11-18(29-2)12-9-16)27-22-6-4-3-5-19(20)22/h3-14H,1-2H3,(H,26,28). The third kappa shape index (κ3) is 3.80. The normalized spacial score (nSPS) is 10.7. The van der Waals surface area contributed by atoms with Crippen LogP contribution in [0.5, 0.6) is 5.75 Å². The Labute approximate surface area is 168 Å². The molecule has 144 valence electrons. The minimum atomic E-state index is -0.360. The minimum Gasteiger partial charge on any atom is -0.497 e. The molecule has 1 heterocycles. The highest BCUT2D eigenvalue weighted by atomic mass is 19.1. The number of fused-ring (bicyclic) bond motifs is 1. The lowest BCUT2D eigenvalue weighted by Gasteiger charge is -2.11. The molecule has 0 atom stereocenters. The predicted molar refractivity (Wildman–Crippen MR) is 113 cm³/mol. The number of methoxy groups -OCH3 is 1. The maximum atomic E-state index is 13.9. The third-order valence-corrected chi connectivity index (χ3v) is 4.78. The molecule has 4 nitrogen and oxygen atoms in total. The van der Waals surface area contributed by atoms with Crippen LogP contribution in [0.25, 0.3) is 22.2 Å². The number of benzene rings is 3. The van der Waals surface area contributed by atoms with Crippen molar-refractivity contribution >= 4 is 22.5 Å². The number of amides is 1. The molecule has 0 fully saturated rings. The fraction of sp³-hybridized carbons (Fsp3) is 0.0833. The largest absolute Gasteiger partial charge is 0.497 e. The van der Waals surface area contributed by atoms with Crippen molar-refractivity contribution in [3.63, 3.8) is 0 Å². The van der Waals surface area contributed by atoms with Crippen LogP contribution in [0.15, 0.2) is 72.8 Å². The molecular formula is C24H19FN2O2. The Balaban J connectivity index is 1.77. The average Bonchev–Trinajstić information content (AvgIpc) is 2.75. The number of hydrogen-bond acceptors (Lipinski definition) is 3. The number of pyridine rings is 1. The molecule has 3 aromatic carbocycles. The van der Waals surface area contributed by atoms with E-state index in [0.717, 1.165) is 16.7 Å². The number of hydrogen-bond donors (Lipinski definition) is 1. The van der Waals surface area contributed by atoms with Crippen molar-refractivity contribution in [3.8, 4) is 17.0 Å². The van der Waals surface area contributed by atoms with E-state index in [1.165, 1.54) is 6.07 Å². The van der Waals surface area contributed by atoms with E-state index in [1.807, 2.05) is 48.5 Å². The number of carbonyl (C=O) groups is 1. The van der Waals surface area contributed by atoms with Gasteiger partial charge >= 0.3 is 0 Å². The molecular weight excluding hydrogens is 367 g/mol. The van der Waals surface area contributed by atoms with E-state index in [9.17, 15) is 9.18 Å². The van der Waals surface area contributed by atoms with Crippen molar-refractivity contribution in [1.82, 2.24) is 4.98 Å². The van der Waals surface area contributed by atoms with Gasteiger partial charge in [0.05, 0.1) is 23.9 Å².